The molecule has 1 amide bonds. The molecule has 1 rings (SSSR count). The predicted molar refractivity (Wildman–Crippen MR) is 75.9 cm³/mol. The number of anilines is 1. The van der Waals surface area contributed by atoms with E-state index in [2.05, 4.69) is 5.32 Å². The highest BCUT2D eigenvalue weighted by atomic mass is 19.4. The third kappa shape index (κ3) is 4.93. The summed E-state index contributed by atoms with van der Waals surface area (Å²) in [5.41, 5.74) is 9.27. The Morgan fingerprint density at radius 1 is 1.33 bits per heavy atom. The Bertz CT molecular complexity index is 501. The molecule has 0 aliphatic heterocycles. The van der Waals surface area contributed by atoms with Crippen molar-refractivity contribution in [2.75, 3.05) is 11.9 Å². The molecule has 1 atom stereocenters. The van der Waals surface area contributed by atoms with Crippen molar-refractivity contribution in [3.8, 4) is 0 Å². The Hall–Kier alpha value is -1.76. The number of nitrogens with one attached hydrogen (secondary N) is 1. The first kappa shape index (κ1) is 17.3. The van der Waals surface area contributed by atoms with Gasteiger partial charge >= 0.3 is 6.18 Å². The van der Waals surface area contributed by atoms with Crippen LogP contribution in [0.25, 0.3) is 0 Å². The fourth-order valence-electron chi connectivity index (χ4n) is 2.10. The van der Waals surface area contributed by atoms with Crippen molar-refractivity contribution in [2.45, 2.75) is 32.5 Å². The van der Waals surface area contributed by atoms with E-state index < -0.39 is 23.2 Å². The number of benzene rings is 1. The summed E-state index contributed by atoms with van der Waals surface area (Å²) >= 11 is 0. The van der Waals surface area contributed by atoms with Gasteiger partial charge in [0.25, 0.3) is 0 Å². The second-order valence-corrected chi connectivity index (χ2v) is 5.33. The zero-order valence-electron chi connectivity index (χ0n) is 12.0. The van der Waals surface area contributed by atoms with Gasteiger partial charge in [-0.3, -0.25) is 4.79 Å². The smallest absolute Gasteiger partial charge is 0.381 e. The van der Waals surface area contributed by atoms with Crippen LogP contribution in [0.1, 0.15) is 36.2 Å². The van der Waals surface area contributed by atoms with E-state index in [0.717, 1.165) is 18.6 Å². The Labute approximate surface area is 121 Å². The molecule has 1 aromatic rings. The Morgan fingerprint density at radius 2 is 1.95 bits per heavy atom. The number of rotatable bonds is 6. The van der Waals surface area contributed by atoms with Crippen molar-refractivity contribution in [1.82, 2.24) is 0 Å². The van der Waals surface area contributed by atoms with Crippen LogP contribution >= 0.6 is 0 Å². The van der Waals surface area contributed by atoms with Gasteiger partial charge < -0.3 is 16.8 Å². The SMILES string of the molecule is CC(C)CC(CN)Nc1ccc(C(N)=O)c(C(F)(F)F)c1. The van der Waals surface area contributed by atoms with E-state index in [1.807, 2.05) is 13.8 Å². The molecule has 4 nitrogen and oxygen atoms in total. The molecule has 0 heterocycles. The van der Waals surface area contributed by atoms with E-state index in [1.54, 1.807) is 0 Å². The summed E-state index contributed by atoms with van der Waals surface area (Å²) in [4.78, 5) is 11.1. The van der Waals surface area contributed by atoms with Gasteiger partial charge in [0, 0.05) is 18.3 Å². The van der Waals surface area contributed by atoms with Crippen LogP contribution in [0, 0.1) is 5.92 Å². The van der Waals surface area contributed by atoms with Crippen LogP contribution in [0.15, 0.2) is 18.2 Å². The number of carbonyl (C=O) groups excluding carboxylic acids is 1. The number of amides is 1. The zero-order valence-corrected chi connectivity index (χ0v) is 12.0. The van der Waals surface area contributed by atoms with Gasteiger partial charge in [-0.15, -0.1) is 0 Å². The molecule has 0 saturated heterocycles. The lowest BCUT2D eigenvalue weighted by Gasteiger charge is -2.21. The lowest BCUT2D eigenvalue weighted by Crippen LogP contribution is -2.30. The van der Waals surface area contributed by atoms with Gasteiger partial charge in [-0.25, -0.2) is 0 Å². The summed E-state index contributed by atoms with van der Waals surface area (Å²) in [5, 5.41) is 2.96. The van der Waals surface area contributed by atoms with Gasteiger partial charge in [0.15, 0.2) is 0 Å². The quantitative estimate of drug-likeness (QED) is 0.755. The van der Waals surface area contributed by atoms with Gasteiger partial charge in [0.2, 0.25) is 5.91 Å². The van der Waals surface area contributed by atoms with Gasteiger partial charge in [-0.1, -0.05) is 13.8 Å². The highest BCUT2D eigenvalue weighted by molar-refractivity contribution is 5.95. The Balaban J connectivity index is 3.08. The van der Waals surface area contributed by atoms with Crippen LogP contribution in [0.2, 0.25) is 0 Å². The van der Waals surface area contributed by atoms with Gasteiger partial charge in [-0.05, 0) is 30.5 Å². The molecular weight excluding hydrogens is 283 g/mol. The molecule has 1 aromatic carbocycles. The standard InChI is InChI=1S/C14H20F3N3O/c1-8(2)5-10(7-18)20-9-3-4-11(13(19)21)12(6-9)14(15,16)17/h3-4,6,8,10,20H,5,7,18H2,1-2H3,(H2,19,21). The first-order chi connectivity index (χ1) is 9.65. The Kier molecular flexibility index (Phi) is 5.60. The van der Waals surface area contributed by atoms with E-state index >= 15 is 0 Å². The van der Waals surface area contributed by atoms with Crippen molar-refractivity contribution in [1.29, 1.82) is 0 Å². The lowest BCUT2D eigenvalue weighted by molar-refractivity contribution is -0.137. The van der Waals surface area contributed by atoms with E-state index in [0.29, 0.717) is 12.5 Å². The van der Waals surface area contributed by atoms with Crippen LogP contribution in [-0.4, -0.2) is 18.5 Å². The molecule has 1 unspecified atom stereocenters. The minimum absolute atomic E-state index is 0.134. The first-order valence-corrected chi connectivity index (χ1v) is 6.62. The average Bonchev–Trinajstić information content (AvgIpc) is 2.36. The van der Waals surface area contributed by atoms with Gasteiger partial charge in [0.05, 0.1) is 11.1 Å². The third-order valence-electron chi connectivity index (χ3n) is 3.00. The number of hydrogen-bond donors (Lipinski definition) is 3. The third-order valence-corrected chi connectivity index (χ3v) is 3.00. The topological polar surface area (TPSA) is 81.1 Å². The van der Waals surface area contributed by atoms with Crippen molar-refractivity contribution in [3.63, 3.8) is 0 Å². The molecular formula is C14H20F3N3O. The lowest BCUT2D eigenvalue weighted by atomic mass is 10.0. The van der Waals surface area contributed by atoms with E-state index in [9.17, 15) is 18.0 Å². The molecule has 0 spiro atoms. The maximum Gasteiger partial charge on any atom is 0.417 e. The second kappa shape index (κ2) is 6.80. The molecule has 0 saturated carbocycles. The summed E-state index contributed by atoms with van der Waals surface area (Å²) in [5.74, 6) is -0.746. The summed E-state index contributed by atoms with van der Waals surface area (Å²) in [6, 6.07) is 3.24. The fraction of sp³-hybridized carbons (Fsp3) is 0.500. The normalized spacial score (nSPS) is 13.3. The summed E-state index contributed by atoms with van der Waals surface area (Å²) in [7, 11) is 0. The summed E-state index contributed by atoms with van der Waals surface area (Å²) in [6.45, 7) is 4.31. The van der Waals surface area contributed by atoms with Crippen molar-refractivity contribution in [2.24, 2.45) is 17.4 Å². The largest absolute Gasteiger partial charge is 0.417 e. The predicted octanol–water partition coefficient (Wildman–Crippen LogP) is 2.59. The molecule has 0 radical (unpaired) electrons. The molecule has 0 aliphatic carbocycles. The summed E-state index contributed by atoms with van der Waals surface area (Å²) < 4.78 is 38.9. The van der Waals surface area contributed by atoms with E-state index in [4.69, 9.17) is 11.5 Å². The minimum Gasteiger partial charge on any atom is -0.381 e. The molecule has 0 aliphatic rings. The number of halogens is 3. The maximum absolute atomic E-state index is 13.0. The maximum atomic E-state index is 13.0. The number of carbonyl (C=O) groups is 1. The minimum atomic E-state index is -4.64. The first-order valence-electron chi connectivity index (χ1n) is 6.62. The average molecular weight is 303 g/mol. The van der Waals surface area contributed by atoms with Crippen molar-refractivity contribution < 1.29 is 18.0 Å². The van der Waals surface area contributed by atoms with Crippen LogP contribution in [0.3, 0.4) is 0 Å². The molecule has 0 fully saturated rings. The van der Waals surface area contributed by atoms with Crippen LogP contribution in [0.4, 0.5) is 18.9 Å². The molecule has 118 valence electrons. The number of primary amides is 1. The molecule has 21 heavy (non-hydrogen) atoms. The molecule has 0 aromatic heterocycles. The van der Waals surface area contributed by atoms with E-state index in [-0.39, 0.29) is 11.7 Å². The second-order valence-electron chi connectivity index (χ2n) is 5.33. The van der Waals surface area contributed by atoms with Crippen molar-refractivity contribution in [3.05, 3.63) is 29.3 Å². The monoisotopic (exact) mass is 303 g/mol. The molecule has 5 N–H and O–H groups in total. The van der Waals surface area contributed by atoms with Crippen molar-refractivity contribution >= 4 is 11.6 Å². The van der Waals surface area contributed by atoms with Crippen LogP contribution in [-0.2, 0) is 6.18 Å². The fourth-order valence-corrected chi connectivity index (χ4v) is 2.10. The van der Waals surface area contributed by atoms with Crippen LogP contribution in [0.5, 0.6) is 0 Å². The number of alkyl halides is 3. The number of hydrogen-bond acceptors (Lipinski definition) is 3. The van der Waals surface area contributed by atoms with Gasteiger partial charge in [0.1, 0.15) is 0 Å². The highest BCUT2D eigenvalue weighted by Crippen LogP contribution is 2.34. The van der Waals surface area contributed by atoms with E-state index in [1.165, 1.54) is 6.07 Å². The number of nitrogens with two attached hydrogens (primary N) is 2. The highest BCUT2D eigenvalue weighted by Gasteiger charge is 2.35. The molecule has 0 bridgehead atoms. The van der Waals surface area contributed by atoms with Crippen LogP contribution < -0.4 is 16.8 Å². The zero-order chi connectivity index (χ0) is 16.2. The molecule has 7 heteroatoms. The Morgan fingerprint density at radius 3 is 2.38 bits per heavy atom. The summed E-state index contributed by atoms with van der Waals surface area (Å²) in [6.07, 6.45) is -3.91. The van der Waals surface area contributed by atoms with Gasteiger partial charge in [-0.2, -0.15) is 13.2 Å².